The molecule has 2 heterocycles. The molecular weight excluding hydrogens is 392 g/mol. The minimum atomic E-state index is -3.38. The fraction of sp³-hybridized carbons (Fsp3) is 0.450. The van der Waals surface area contributed by atoms with Crippen molar-refractivity contribution in [2.75, 3.05) is 26.2 Å². The number of benzene rings is 1. The van der Waals surface area contributed by atoms with Crippen LogP contribution in [0.25, 0.3) is 0 Å². The number of guanidine groups is 1. The number of nitrogens with one attached hydrogen (secondary N) is 2. The van der Waals surface area contributed by atoms with Crippen LogP contribution in [0, 0.1) is 5.92 Å². The van der Waals surface area contributed by atoms with E-state index < -0.39 is 10.0 Å². The lowest BCUT2D eigenvalue weighted by Crippen LogP contribution is -2.44. The minimum absolute atomic E-state index is 0.376. The number of sulfonamides is 1. The van der Waals surface area contributed by atoms with Gasteiger partial charge in [0.2, 0.25) is 10.0 Å². The van der Waals surface area contributed by atoms with Crippen LogP contribution in [0.15, 0.2) is 57.0 Å². The van der Waals surface area contributed by atoms with Gasteiger partial charge in [-0.05, 0) is 60.2 Å². The predicted molar refractivity (Wildman–Crippen MR) is 115 cm³/mol. The Hall–Kier alpha value is -1.90. The first-order valence-corrected chi connectivity index (χ1v) is 12.1. The number of thiophene rings is 1. The molecule has 0 aliphatic carbocycles. The van der Waals surface area contributed by atoms with Gasteiger partial charge in [0.25, 0.3) is 0 Å². The molecule has 3 rings (SSSR count). The minimum Gasteiger partial charge on any atom is -0.357 e. The third-order valence-electron chi connectivity index (χ3n) is 4.86. The van der Waals surface area contributed by atoms with E-state index >= 15 is 0 Å². The average molecular weight is 421 g/mol. The van der Waals surface area contributed by atoms with Gasteiger partial charge in [-0.3, -0.25) is 0 Å². The van der Waals surface area contributed by atoms with Crippen LogP contribution >= 0.6 is 11.3 Å². The largest absolute Gasteiger partial charge is 0.357 e. The molecule has 0 saturated carbocycles. The Balaban J connectivity index is 1.50. The Kier molecular flexibility index (Phi) is 7.47. The monoisotopic (exact) mass is 420 g/mol. The molecule has 1 aromatic carbocycles. The molecule has 1 aliphatic heterocycles. The number of nitrogens with zero attached hydrogens (tertiary/aromatic N) is 2. The summed E-state index contributed by atoms with van der Waals surface area (Å²) < 4.78 is 27.1. The second-order valence-corrected chi connectivity index (χ2v) is 9.59. The van der Waals surface area contributed by atoms with E-state index in [4.69, 9.17) is 0 Å². The topological polar surface area (TPSA) is 73.8 Å². The molecule has 6 nitrogen and oxygen atoms in total. The Morgan fingerprint density at radius 2 is 1.93 bits per heavy atom. The van der Waals surface area contributed by atoms with Crippen molar-refractivity contribution in [2.24, 2.45) is 10.9 Å². The van der Waals surface area contributed by atoms with Crippen LogP contribution in [0.5, 0.6) is 0 Å². The van der Waals surface area contributed by atoms with Gasteiger partial charge >= 0.3 is 0 Å². The summed E-state index contributed by atoms with van der Waals surface area (Å²) >= 11 is 1.68. The maximum atomic E-state index is 12.7. The summed E-state index contributed by atoms with van der Waals surface area (Å²) in [6.07, 6.45) is 1.70. The smallest absolute Gasteiger partial charge is 0.243 e. The van der Waals surface area contributed by atoms with Gasteiger partial charge in [-0.2, -0.15) is 15.6 Å². The summed E-state index contributed by atoms with van der Waals surface area (Å²) in [5, 5.41) is 10.9. The van der Waals surface area contributed by atoms with Gasteiger partial charge in [0.05, 0.1) is 11.4 Å². The highest BCUT2D eigenvalue weighted by atomic mass is 32.2. The Morgan fingerprint density at radius 3 is 2.57 bits per heavy atom. The molecular formula is C20H28N4O2S2. The standard InChI is InChI=1S/C20H28N4O2S2/c1-2-21-20(23-15-18-10-13-27-16-18)22-14-17-8-11-24(12-9-17)28(25,26)19-6-4-3-5-7-19/h3-7,10,13,16-17H,2,8-9,11-12,14-15H2,1H3,(H2,21,22,23). The van der Waals surface area contributed by atoms with E-state index in [1.807, 2.05) is 6.07 Å². The molecule has 0 spiro atoms. The summed E-state index contributed by atoms with van der Waals surface area (Å²) in [5.41, 5.74) is 1.21. The first-order valence-electron chi connectivity index (χ1n) is 9.68. The molecule has 2 N–H and O–H groups in total. The highest BCUT2D eigenvalue weighted by Gasteiger charge is 2.29. The molecule has 1 saturated heterocycles. The molecule has 2 aromatic rings. The lowest BCUT2D eigenvalue weighted by molar-refractivity contribution is 0.273. The van der Waals surface area contributed by atoms with E-state index in [-0.39, 0.29) is 0 Å². The summed E-state index contributed by atoms with van der Waals surface area (Å²) in [5.74, 6) is 1.25. The van der Waals surface area contributed by atoms with Crippen molar-refractivity contribution in [1.82, 2.24) is 14.9 Å². The van der Waals surface area contributed by atoms with Crippen molar-refractivity contribution < 1.29 is 8.42 Å². The second kappa shape index (κ2) is 10.0. The van der Waals surface area contributed by atoms with Crippen LogP contribution in [0.3, 0.4) is 0 Å². The molecule has 0 radical (unpaired) electrons. The zero-order valence-corrected chi connectivity index (χ0v) is 17.8. The van der Waals surface area contributed by atoms with Crippen molar-refractivity contribution >= 4 is 27.3 Å². The van der Waals surface area contributed by atoms with Crippen LogP contribution in [-0.2, 0) is 16.6 Å². The second-order valence-electron chi connectivity index (χ2n) is 6.87. The molecule has 0 atom stereocenters. The third-order valence-corrected chi connectivity index (χ3v) is 7.50. The third kappa shape index (κ3) is 5.56. The molecule has 0 bridgehead atoms. The maximum Gasteiger partial charge on any atom is 0.243 e. The molecule has 0 unspecified atom stereocenters. The van der Waals surface area contributed by atoms with Gasteiger partial charge in [0.15, 0.2) is 5.96 Å². The average Bonchev–Trinajstić information content (AvgIpc) is 3.25. The number of hydrogen-bond donors (Lipinski definition) is 2. The van der Waals surface area contributed by atoms with E-state index in [0.717, 1.165) is 31.9 Å². The molecule has 1 fully saturated rings. The lowest BCUT2D eigenvalue weighted by atomic mass is 9.98. The van der Waals surface area contributed by atoms with E-state index in [2.05, 4.69) is 39.4 Å². The highest BCUT2D eigenvalue weighted by molar-refractivity contribution is 7.89. The van der Waals surface area contributed by atoms with Crippen LogP contribution in [0.1, 0.15) is 25.3 Å². The van der Waals surface area contributed by atoms with Crippen molar-refractivity contribution in [2.45, 2.75) is 31.2 Å². The quantitative estimate of drug-likeness (QED) is 0.534. The van der Waals surface area contributed by atoms with Crippen molar-refractivity contribution in [1.29, 1.82) is 0 Å². The van der Waals surface area contributed by atoms with Crippen LogP contribution in [-0.4, -0.2) is 44.9 Å². The van der Waals surface area contributed by atoms with Crippen LogP contribution in [0.4, 0.5) is 0 Å². The zero-order valence-electron chi connectivity index (χ0n) is 16.2. The SMILES string of the molecule is CCNC(=NCc1ccsc1)NCC1CCN(S(=O)(=O)c2ccccc2)CC1. The molecule has 1 aliphatic rings. The fourth-order valence-corrected chi connectivity index (χ4v) is 5.38. The molecule has 0 amide bonds. The summed E-state index contributed by atoms with van der Waals surface area (Å²) in [7, 11) is -3.38. The summed E-state index contributed by atoms with van der Waals surface area (Å²) in [6.45, 7) is 5.44. The lowest BCUT2D eigenvalue weighted by Gasteiger charge is -2.31. The van der Waals surface area contributed by atoms with E-state index in [1.165, 1.54) is 5.56 Å². The highest BCUT2D eigenvalue weighted by Crippen LogP contribution is 2.23. The van der Waals surface area contributed by atoms with Gasteiger partial charge in [0, 0.05) is 26.2 Å². The van der Waals surface area contributed by atoms with Gasteiger partial charge < -0.3 is 10.6 Å². The normalized spacial score (nSPS) is 16.8. The Labute approximate surface area is 171 Å². The zero-order chi connectivity index (χ0) is 19.8. The van der Waals surface area contributed by atoms with Gasteiger partial charge in [0.1, 0.15) is 0 Å². The van der Waals surface area contributed by atoms with E-state index in [0.29, 0.717) is 30.4 Å². The molecule has 152 valence electrons. The first kappa shape index (κ1) is 20.8. The van der Waals surface area contributed by atoms with Crippen LogP contribution in [0.2, 0.25) is 0 Å². The van der Waals surface area contributed by atoms with Crippen molar-refractivity contribution in [3.63, 3.8) is 0 Å². The van der Waals surface area contributed by atoms with Crippen LogP contribution < -0.4 is 10.6 Å². The number of piperidine rings is 1. The first-order chi connectivity index (χ1) is 13.6. The molecule has 8 heteroatoms. The number of rotatable bonds is 7. The van der Waals surface area contributed by atoms with Gasteiger partial charge in [-0.15, -0.1) is 0 Å². The molecule has 28 heavy (non-hydrogen) atoms. The maximum absolute atomic E-state index is 12.7. The number of aliphatic imine (C=N–C) groups is 1. The van der Waals surface area contributed by atoms with E-state index in [1.54, 1.807) is 39.9 Å². The predicted octanol–water partition coefficient (Wildman–Crippen LogP) is 2.90. The van der Waals surface area contributed by atoms with Crippen molar-refractivity contribution in [3.8, 4) is 0 Å². The van der Waals surface area contributed by atoms with Gasteiger partial charge in [-0.25, -0.2) is 13.4 Å². The van der Waals surface area contributed by atoms with E-state index in [9.17, 15) is 8.42 Å². The van der Waals surface area contributed by atoms with Gasteiger partial charge in [-0.1, -0.05) is 18.2 Å². The molecule has 1 aromatic heterocycles. The fourth-order valence-electron chi connectivity index (χ4n) is 3.23. The number of hydrogen-bond acceptors (Lipinski definition) is 4. The Bertz CT molecular complexity index is 844. The summed E-state index contributed by atoms with van der Waals surface area (Å²) in [6, 6.07) is 10.8. The summed E-state index contributed by atoms with van der Waals surface area (Å²) in [4.78, 5) is 5.01. The van der Waals surface area contributed by atoms with Crippen molar-refractivity contribution in [3.05, 3.63) is 52.7 Å². The Morgan fingerprint density at radius 1 is 1.18 bits per heavy atom.